The van der Waals surface area contributed by atoms with Crippen molar-refractivity contribution in [3.63, 3.8) is 0 Å². The van der Waals surface area contributed by atoms with Gasteiger partial charge in [-0.25, -0.2) is 9.97 Å². The zero-order valence-electron chi connectivity index (χ0n) is 15.6. The minimum absolute atomic E-state index is 0.0374. The summed E-state index contributed by atoms with van der Waals surface area (Å²) in [6.45, 7) is 3.92. The first-order valence-electron chi connectivity index (χ1n) is 8.74. The smallest absolute Gasteiger partial charge is 0.308 e. The highest BCUT2D eigenvalue weighted by atomic mass is 32.1. The summed E-state index contributed by atoms with van der Waals surface area (Å²) in [5.74, 6) is -0.819. The summed E-state index contributed by atoms with van der Waals surface area (Å²) < 4.78 is 0. The van der Waals surface area contributed by atoms with Crippen LogP contribution >= 0.6 is 22.7 Å². The van der Waals surface area contributed by atoms with E-state index >= 15 is 0 Å². The molecule has 0 spiro atoms. The average molecular weight is 409 g/mol. The Bertz CT molecular complexity index is 1040. The second kappa shape index (κ2) is 9.39. The van der Waals surface area contributed by atoms with Crippen LogP contribution in [0.2, 0.25) is 0 Å². The number of nitrogens with zero attached hydrogens (tertiary/aromatic N) is 2. The molecule has 0 aliphatic carbocycles. The molecule has 1 N–H and O–H groups in total. The fourth-order valence-electron chi connectivity index (χ4n) is 2.65. The van der Waals surface area contributed by atoms with Gasteiger partial charge in [0, 0.05) is 21.4 Å². The number of rotatable bonds is 4. The van der Waals surface area contributed by atoms with Crippen LogP contribution in [0.3, 0.4) is 0 Å². The van der Waals surface area contributed by atoms with Crippen molar-refractivity contribution in [2.24, 2.45) is 0 Å². The van der Waals surface area contributed by atoms with Gasteiger partial charge in [-0.2, -0.15) is 0 Å². The van der Waals surface area contributed by atoms with Crippen molar-refractivity contribution in [3.05, 3.63) is 80.9 Å². The maximum Gasteiger partial charge on any atom is 0.308 e. The molecular formula is C22H20N2O2S2. The largest absolute Gasteiger partial charge is 0.481 e. The van der Waals surface area contributed by atoms with E-state index in [0.29, 0.717) is 0 Å². The van der Waals surface area contributed by atoms with Gasteiger partial charge in [0.05, 0.1) is 27.8 Å². The van der Waals surface area contributed by atoms with Gasteiger partial charge in [-0.05, 0) is 13.8 Å². The van der Waals surface area contributed by atoms with Crippen molar-refractivity contribution < 1.29 is 9.90 Å². The van der Waals surface area contributed by atoms with Crippen LogP contribution < -0.4 is 0 Å². The first-order valence-corrected chi connectivity index (χ1v) is 10.4. The molecule has 0 fully saturated rings. The molecule has 28 heavy (non-hydrogen) atoms. The fraction of sp³-hybridized carbons (Fsp3) is 0.136. The Hall–Kier alpha value is -2.83. The van der Waals surface area contributed by atoms with Gasteiger partial charge in [-0.15, -0.1) is 22.7 Å². The van der Waals surface area contributed by atoms with Crippen LogP contribution in [0.4, 0.5) is 0 Å². The third-order valence-corrected chi connectivity index (χ3v) is 5.60. The number of carboxylic acid groups (broad SMARTS) is 1. The molecular weight excluding hydrogens is 388 g/mol. The van der Waals surface area contributed by atoms with Crippen LogP contribution in [0.5, 0.6) is 0 Å². The third kappa shape index (κ3) is 5.34. The molecule has 0 unspecified atom stereocenters. The standard InChI is InChI=1S/C12H11NO2S.C10H9NS/c1-8-13-12(9-5-3-2-4-6-9)10(16-8)7-11(14)15;1-8-11-10(7-12-8)9-5-3-2-4-6-9/h2-6H,7H2,1H3,(H,14,15);2-7H,1H3. The maximum absolute atomic E-state index is 10.7. The van der Waals surface area contributed by atoms with E-state index in [1.54, 1.807) is 11.3 Å². The van der Waals surface area contributed by atoms with Crippen LogP contribution in [-0.2, 0) is 11.2 Å². The maximum atomic E-state index is 10.7. The van der Waals surface area contributed by atoms with Crippen LogP contribution in [0.15, 0.2) is 66.0 Å². The van der Waals surface area contributed by atoms with E-state index in [4.69, 9.17) is 5.11 Å². The first kappa shape index (κ1) is 19.9. The lowest BCUT2D eigenvalue weighted by Gasteiger charge is -1.99. The lowest BCUT2D eigenvalue weighted by Crippen LogP contribution is -1.99. The van der Waals surface area contributed by atoms with Crippen molar-refractivity contribution in [1.82, 2.24) is 9.97 Å². The van der Waals surface area contributed by atoms with E-state index < -0.39 is 5.97 Å². The van der Waals surface area contributed by atoms with Gasteiger partial charge in [0.15, 0.2) is 0 Å². The Kier molecular flexibility index (Phi) is 6.68. The van der Waals surface area contributed by atoms with Gasteiger partial charge < -0.3 is 5.11 Å². The molecule has 2 aromatic carbocycles. The molecule has 4 aromatic rings. The first-order chi connectivity index (χ1) is 13.5. The van der Waals surface area contributed by atoms with Crippen molar-refractivity contribution in [2.75, 3.05) is 0 Å². The van der Waals surface area contributed by atoms with E-state index in [0.717, 1.165) is 31.8 Å². The predicted octanol–water partition coefficient (Wildman–Crippen LogP) is 5.86. The van der Waals surface area contributed by atoms with E-state index in [1.165, 1.54) is 16.9 Å². The van der Waals surface area contributed by atoms with Gasteiger partial charge >= 0.3 is 5.97 Å². The monoisotopic (exact) mass is 408 g/mol. The Morgan fingerprint density at radius 3 is 2.04 bits per heavy atom. The van der Waals surface area contributed by atoms with E-state index in [2.05, 4.69) is 27.5 Å². The number of benzene rings is 2. The molecule has 2 heterocycles. The molecule has 0 aliphatic rings. The van der Waals surface area contributed by atoms with E-state index in [9.17, 15) is 4.79 Å². The van der Waals surface area contributed by atoms with Crippen molar-refractivity contribution in [2.45, 2.75) is 20.3 Å². The lowest BCUT2D eigenvalue weighted by molar-refractivity contribution is -0.136. The predicted molar refractivity (Wildman–Crippen MR) is 116 cm³/mol. The van der Waals surface area contributed by atoms with Crippen LogP contribution in [0.1, 0.15) is 14.9 Å². The molecule has 0 atom stereocenters. The number of hydrogen-bond donors (Lipinski definition) is 1. The Labute approximate surface area is 172 Å². The summed E-state index contributed by atoms with van der Waals surface area (Å²) in [5.41, 5.74) is 4.05. The SMILES string of the molecule is Cc1nc(-c2ccccc2)c(CC(=O)O)s1.Cc1nc(-c2ccccc2)cs1. The zero-order chi connectivity index (χ0) is 19.9. The summed E-state index contributed by atoms with van der Waals surface area (Å²) in [6, 6.07) is 19.9. The minimum Gasteiger partial charge on any atom is -0.481 e. The van der Waals surface area contributed by atoms with Crippen molar-refractivity contribution in [1.29, 1.82) is 0 Å². The second-order valence-electron chi connectivity index (χ2n) is 6.06. The quantitative estimate of drug-likeness (QED) is 0.459. The van der Waals surface area contributed by atoms with Crippen molar-refractivity contribution >= 4 is 28.6 Å². The highest BCUT2D eigenvalue weighted by Crippen LogP contribution is 2.28. The highest BCUT2D eigenvalue weighted by Gasteiger charge is 2.13. The molecule has 0 saturated carbocycles. The topological polar surface area (TPSA) is 63.1 Å². The Balaban J connectivity index is 0.000000167. The zero-order valence-corrected chi connectivity index (χ0v) is 17.3. The molecule has 6 heteroatoms. The summed E-state index contributed by atoms with van der Waals surface area (Å²) in [7, 11) is 0. The fourth-order valence-corrected chi connectivity index (χ4v) is 4.22. The third-order valence-electron chi connectivity index (χ3n) is 3.85. The van der Waals surface area contributed by atoms with Gasteiger partial charge in [-0.3, -0.25) is 4.79 Å². The van der Waals surface area contributed by atoms with Gasteiger partial charge in [-0.1, -0.05) is 60.7 Å². The van der Waals surface area contributed by atoms with Crippen LogP contribution in [0.25, 0.3) is 22.5 Å². The summed E-state index contributed by atoms with van der Waals surface area (Å²) in [6.07, 6.45) is 0.0374. The molecule has 0 saturated heterocycles. The highest BCUT2D eigenvalue weighted by molar-refractivity contribution is 7.12. The van der Waals surface area contributed by atoms with Crippen LogP contribution in [-0.4, -0.2) is 21.0 Å². The minimum atomic E-state index is -0.819. The molecule has 0 aliphatic heterocycles. The number of thiazole rings is 2. The summed E-state index contributed by atoms with van der Waals surface area (Å²) in [5, 5.41) is 12.9. The number of carbonyl (C=O) groups is 1. The van der Waals surface area contributed by atoms with E-state index in [1.807, 2.05) is 62.4 Å². The van der Waals surface area contributed by atoms with Crippen molar-refractivity contribution in [3.8, 4) is 22.5 Å². The van der Waals surface area contributed by atoms with Gasteiger partial charge in [0.25, 0.3) is 0 Å². The average Bonchev–Trinajstić information content (AvgIpc) is 3.29. The Morgan fingerprint density at radius 1 is 0.893 bits per heavy atom. The molecule has 4 rings (SSSR count). The van der Waals surface area contributed by atoms with Crippen LogP contribution in [0, 0.1) is 13.8 Å². The molecule has 4 nitrogen and oxygen atoms in total. The molecule has 0 radical (unpaired) electrons. The number of hydrogen-bond acceptors (Lipinski definition) is 5. The summed E-state index contributed by atoms with van der Waals surface area (Å²) >= 11 is 3.13. The number of aromatic nitrogens is 2. The van der Waals surface area contributed by atoms with E-state index in [-0.39, 0.29) is 6.42 Å². The number of aliphatic carboxylic acids is 1. The number of aryl methyl sites for hydroxylation is 2. The molecule has 0 bridgehead atoms. The lowest BCUT2D eigenvalue weighted by atomic mass is 10.1. The Morgan fingerprint density at radius 2 is 1.50 bits per heavy atom. The molecule has 142 valence electrons. The van der Waals surface area contributed by atoms with Gasteiger partial charge in [0.2, 0.25) is 0 Å². The van der Waals surface area contributed by atoms with Gasteiger partial charge in [0.1, 0.15) is 0 Å². The number of carboxylic acids is 1. The molecule has 2 aromatic heterocycles. The summed E-state index contributed by atoms with van der Waals surface area (Å²) in [4.78, 5) is 20.3. The molecule has 0 amide bonds. The normalized spacial score (nSPS) is 10.2. The second-order valence-corrected chi connectivity index (χ2v) is 8.41.